The Bertz CT molecular complexity index is 451. The molecule has 0 spiro atoms. The van der Waals surface area contributed by atoms with Gasteiger partial charge in [0.25, 0.3) is 0 Å². The Morgan fingerprint density at radius 1 is 1.11 bits per heavy atom. The first-order valence-electron chi connectivity index (χ1n) is 6.17. The van der Waals surface area contributed by atoms with Crippen molar-refractivity contribution in [2.75, 3.05) is 6.54 Å². The van der Waals surface area contributed by atoms with Gasteiger partial charge in [0.1, 0.15) is 5.82 Å². The highest BCUT2D eigenvalue weighted by atomic mass is 19.2. The molecule has 2 unspecified atom stereocenters. The van der Waals surface area contributed by atoms with Crippen molar-refractivity contribution in [3.63, 3.8) is 0 Å². The van der Waals surface area contributed by atoms with Crippen molar-refractivity contribution in [3.8, 4) is 0 Å². The van der Waals surface area contributed by atoms with Gasteiger partial charge in [-0.2, -0.15) is 0 Å². The maximum atomic E-state index is 13.5. The van der Waals surface area contributed by atoms with E-state index < -0.39 is 17.5 Å². The average Bonchev–Trinajstić information content (AvgIpc) is 2.99. The second kappa shape index (κ2) is 4.57. The molecular weight excluding hydrogens is 239 g/mol. The third-order valence-electron chi connectivity index (χ3n) is 3.26. The minimum absolute atomic E-state index is 0.00921. The van der Waals surface area contributed by atoms with E-state index in [-0.39, 0.29) is 11.5 Å². The largest absolute Gasteiger partial charge is 0.312 e. The molecule has 0 heterocycles. The molecule has 0 saturated heterocycles. The van der Waals surface area contributed by atoms with Crippen LogP contribution in [-0.4, -0.2) is 12.1 Å². The first kappa shape index (κ1) is 13.4. The molecule has 4 heteroatoms. The predicted octanol–water partition coefficient (Wildman–Crippen LogP) is 3.60. The lowest BCUT2D eigenvalue weighted by atomic mass is 10.1. The van der Waals surface area contributed by atoms with Gasteiger partial charge in [-0.15, -0.1) is 0 Å². The van der Waals surface area contributed by atoms with Crippen LogP contribution in [0.2, 0.25) is 0 Å². The van der Waals surface area contributed by atoms with Gasteiger partial charge in [0, 0.05) is 11.6 Å². The van der Waals surface area contributed by atoms with Gasteiger partial charge >= 0.3 is 0 Å². The summed E-state index contributed by atoms with van der Waals surface area (Å²) in [5, 5.41) is 3.34. The van der Waals surface area contributed by atoms with E-state index in [1.165, 1.54) is 0 Å². The monoisotopic (exact) mass is 257 g/mol. The van der Waals surface area contributed by atoms with Gasteiger partial charge in [0.05, 0.1) is 0 Å². The van der Waals surface area contributed by atoms with Crippen molar-refractivity contribution in [3.05, 3.63) is 35.1 Å². The summed E-state index contributed by atoms with van der Waals surface area (Å²) in [7, 11) is 0. The van der Waals surface area contributed by atoms with E-state index in [0.29, 0.717) is 17.5 Å². The molecule has 0 aliphatic heterocycles. The smallest absolute Gasteiger partial charge is 0.161 e. The second-order valence-corrected chi connectivity index (χ2v) is 6.02. The zero-order chi connectivity index (χ0) is 13.5. The van der Waals surface area contributed by atoms with Crippen molar-refractivity contribution in [1.29, 1.82) is 0 Å². The van der Waals surface area contributed by atoms with Crippen molar-refractivity contribution in [1.82, 2.24) is 5.32 Å². The number of nitrogens with one attached hydrogen (secondary N) is 1. The molecule has 1 aromatic carbocycles. The summed E-state index contributed by atoms with van der Waals surface area (Å²) < 4.78 is 39.5. The molecule has 1 nitrogen and oxygen atoms in total. The van der Waals surface area contributed by atoms with Crippen LogP contribution in [-0.2, 0) is 0 Å². The molecule has 0 bridgehead atoms. The number of hydrogen-bond donors (Lipinski definition) is 1. The van der Waals surface area contributed by atoms with Crippen molar-refractivity contribution in [2.45, 2.75) is 38.6 Å². The third kappa shape index (κ3) is 3.05. The standard InChI is InChI=1S/C14H18F3N/c1-14(2,3)18-7-8-4-9(8)10-5-12(16)13(17)6-11(10)15/h5-6,8-9,18H,4,7H2,1-3H3. The average molecular weight is 257 g/mol. The van der Waals surface area contributed by atoms with Gasteiger partial charge in [0.15, 0.2) is 11.6 Å². The van der Waals surface area contributed by atoms with Crippen LogP contribution in [0.15, 0.2) is 12.1 Å². The van der Waals surface area contributed by atoms with Crippen molar-refractivity contribution in [2.24, 2.45) is 5.92 Å². The Labute approximate surface area is 105 Å². The Morgan fingerprint density at radius 2 is 1.72 bits per heavy atom. The van der Waals surface area contributed by atoms with Crippen LogP contribution >= 0.6 is 0 Å². The third-order valence-corrected chi connectivity index (χ3v) is 3.26. The maximum absolute atomic E-state index is 13.5. The van der Waals surface area contributed by atoms with Crippen molar-refractivity contribution >= 4 is 0 Å². The van der Waals surface area contributed by atoms with Crippen LogP contribution < -0.4 is 5.32 Å². The van der Waals surface area contributed by atoms with Crippen LogP contribution in [0.5, 0.6) is 0 Å². The van der Waals surface area contributed by atoms with E-state index >= 15 is 0 Å². The molecule has 1 aliphatic rings. The summed E-state index contributed by atoms with van der Waals surface area (Å²) in [5.41, 5.74) is 0.314. The zero-order valence-corrected chi connectivity index (χ0v) is 10.9. The number of hydrogen-bond acceptors (Lipinski definition) is 1. The molecule has 1 aliphatic carbocycles. The second-order valence-electron chi connectivity index (χ2n) is 6.02. The Hall–Kier alpha value is -1.03. The molecule has 0 radical (unpaired) electrons. The lowest BCUT2D eigenvalue weighted by Crippen LogP contribution is -2.37. The first-order chi connectivity index (χ1) is 8.28. The van der Waals surface area contributed by atoms with E-state index in [0.717, 1.165) is 19.0 Å². The van der Waals surface area contributed by atoms with E-state index in [4.69, 9.17) is 0 Å². The highest BCUT2D eigenvalue weighted by Gasteiger charge is 2.40. The van der Waals surface area contributed by atoms with Gasteiger partial charge in [0.2, 0.25) is 0 Å². The highest BCUT2D eigenvalue weighted by molar-refractivity contribution is 5.29. The molecule has 1 N–H and O–H groups in total. The molecule has 1 saturated carbocycles. The van der Waals surface area contributed by atoms with Gasteiger partial charge in [-0.25, -0.2) is 13.2 Å². The minimum atomic E-state index is -1.12. The first-order valence-corrected chi connectivity index (χ1v) is 6.17. The molecule has 2 rings (SSSR count). The van der Waals surface area contributed by atoms with Crippen LogP contribution in [0, 0.1) is 23.4 Å². The summed E-state index contributed by atoms with van der Waals surface area (Å²) in [4.78, 5) is 0. The maximum Gasteiger partial charge on any atom is 0.161 e. The quantitative estimate of drug-likeness (QED) is 0.816. The minimum Gasteiger partial charge on any atom is -0.312 e. The predicted molar refractivity (Wildman–Crippen MR) is 64.9 cm³/mol. The molecule has 100 valence electrons. The van der Waals surface area contributed by atoms with E-state index in [9.17, 15) is 13.2 Å². The Balaban J connectivity index is 2.01. The van der Waals surface area contributed by atoms with Gasteiger partial charge in [-0.3, -0.25) is 0 Å². The summed E-state index contributed by atoms with van der Waals surface area (Å²) >= 11 is 0. The lowest BCUT2D eigenvalue weighted by molar-refractivity contribution is 0.413. The van der Waals surface area contributed by atoms with Gasteiger partial charge < -0.3 is 5.32 Å². The normalized spacial score (nSPS) is 23.2. The molecule has 18 heavy (non-hydrogen) atoms. The molecule has 0 aromatic heterocycles. The fourth-order valence-electron chi connectivity index (χ4n) is 2.11. The van der Waals surface area contributed by atoms with Crippen molar-refractivity contribution < 1.29 is 13.2 Å². The lowest BCUT2D eigenvalue weighted by Gasteiger charge is -2.20. The van der Waals surface area contributed by atoms with Crippen LogP contribution in [0.4, 0.5) is 13.2 Å². The van der Waals surface area contributed by atoms with Crippen LogP contribution in [0.3, 0.4) is 0 Å². The molecule has 1 fully saturated rings. The fraction of sp³-hybridized carbons (Fsp3) is 0.571. The zero-order valence-electron chi connectivity index (χ0n) is 10.9. The van der Waals surface area contributed by atoms with Crippen LogP contribution in [0.25, 0.3) is 0 Å². The molecular formula is C14H18F3N. The highest BCUT2D eigenvalue weighted by Crippen LogP contribution is 2.48. The number of rotatable bonds is 3. The Morgan fingerprint density at radius 3 is 2.33 bits per heavy atom. The number of halogens is 3. The van der Waals surface area contributed by atoms with Gasteiger partial charge in [-0.05, 0) is 57.2 Å². The van der Waals surface area contributed by atoms with E-state index in [2.05, 4.69) is 26.1 Å². The summed E-state index contributed by atoms with van der Waals surface area (Å²) in [5.74, 6) is -2.42. The summed E-state index contributed by atoms with van der Waals surface area (Å²) in [6, 6.07) is 1.63. The Kier molecular flexibility index (Phi) is 3.41. The molecule has 0 amide bonds. The topological polar surface area (TPSA) is 12.0 Å². The van der Waals surface area contributed by atoms with Gasteiger partial charge in [-0.1, -0.05) is 0 Å². The van der Waals surface area contributed by atoms with Crippen LogP contribution in [0.1, 0.15) is 38.7 Å². The molecule has 2 atom stereocenters. The summed E-state index contributed by atoms with van der Waals surface area (Å²) in [6.07, 6.45) is 0.824. The summed E-state index contributed by atoms with van der Waals surface area (Å²) in [6.45, 7) is 6.94. The fourth-order valence-corrected chi connectivity index (χ4v) is 2.11. The van der Waals surface area contributed by atoms with E-state index in [1.807, 2.05) is 0 Å². The molecule has 1 aromatic rings. The number of benzene rings is 1. The van der Waals surface area contributed by atoms with E-state index in [1.54, 1.807) is 0 Å². The SMILES string of the molecule is CC(C)(C)NCC1CC1c1cc(F)c(F)cc1F.